The summed E-state index contributed by atoms with van der Waals surface area (Å²) in [6.45, 7) is 7.06. The van der Waals surface area contributed by atoms with Crippen LogP contribution in [0, 0.1) is 0 Å². The van der Waals surface area contributed by atoms with Crippen LogP contribution in [0.2, 0.25) is 0 Å². The first-order valence-electron chi connectivity index (χ1n) is 21.6. The number of rotatable bonds is 5. The summed E-state index contributed by atoms with van der Waals surface area (Å²) >= 11 is 0. The molecule has 0 bridgehead atoms. The molecule has 0 fully saturated rings. The van der Waals surface area contributed by atoms with Gasteiger partial charge in [0.25, 0.3) is 0 Å². The average Bonchev–Trinajstić information content (AvgIpc) is 4.03. The molecule has 0 saturated heterocycles. The van der Waals surface area contributed by atoms with E-state index < -0.39 is 0 Å². The first-order valence-corrected chi connectivity index (χ1v) is 21.6. The van der Waals surface area contributed by atoms with E-state index in [1.807, 2.05) is 12.1 Å². The molecule has 0 atom stereocenters. The van der Waals surface area contributed by atoms with Gasteiger partial charge >= 0.3 is 0 Å². The molecular formula is C59H41NO2. The Bertz CT molecular complexity index is 3590. The van der Waals surface area contributed by atoms with Crippen LogP contribution in [0.3, 0.4) is 0 Å². The van der Waals surface area contributed by atoms with Gasteiger partial charge in [0.15, 0.2) is 0 Å². The third kappa shape index (κ3) is 4.76. The molecule has 0 aliphatic heterocycles. The molecule has 0 amide bonds. The van der Waals surface area contributed by atoms with Crippen molar-refractivity contribution < 1.29 is 8.83 Å². The van der Waals surface area contributed by atoms with Gasteiger partial charge in [0, 0.05) is 60.6 Å². The Labute approximate surface area is 360 Å². The highest BCUT2D eigenvalue weighted by Gasteiger charge is 2.42. The lowest BCUT2D eigenvalue weighted by Gasteiger charge is -2.28. The Morgan fingerprint density at radius 1 is 0.339 bits per heavy atom. The summed E-state index contributed by atoms with van der Waals surface area (Å²) in [5, 5.41) is 4.47. The molecule has 3 nitrogen and oxygen atoms in total. The number of hydrogen-bond donors (Lipinski definition) is 0. The van der Waals surface area contributed by atoms with E-state index in [1.54, 1.807) is 0 Å². The first kappa shape index (κ1) is 35.2. The van der Waals surface area contributed by atoms with E-state index in [9.17, 15) is 0 Å². The van der Waals surface area contributed by atoms with Gasteiger partial charge in [-0.1, -0.05) is 159 Å². The summed E-state index contributed by atoms with van der Waals surface area (Å²) in [6.07, 6.45) is 0. The van der Waals surface area contributed by atoms with Crippen LogP contribution in [0.5, 0.6) is 0 Å². The molecule has 0 spiro atoms. The fraction of sp³-hybridized carbons (Fsp3) is 0.0847. The Balaban J connectivity index is 0.983. The van der Waals surface area contributed by atoms with Crippen LogP contribution in [0.1, 0.15) is 48.6 Å². The summed E-state index contributed by atoms with van der Waals surface area (Å²) in [5.41, 5.74) is 20.2. The number of fused-ring (bicyclic) bond motifs is 12. The molecule has 11 aromatic rings. The van der Waals surface area contributed by atoms with Crippen LogP contribution < -0.4 is 4.90 Å². The number of nitrogens with zero attached hydrogens (tertiary/aromatic N) is 1. The number of para-hydroxylation sites is 3. The predicted octanol–water partition coefficient (Wildman–Crippen LogP) is 16.3. The van der Waals surface area contributed by atoms with Crippen molar-refractivity contribution in [1.29, 1.82) is 0 Å². The van der Waals surface area contributed by atoms with Gasteiger partial charge in [-0.25, -0.2) is 0 Å². The SMILES string of the molecule is CC1(C)c2ccccc2-c2ccc(N(c3ccc(-c4cccc5c4oc4ccccc45)cc3)c3ccc4oc5c(C6(C)c7ccccc7-c7ccccc76)cccc5c4c3)cc21. The van der Waals surface area contributed by atoms with Gasteiger partial charge in [-0.2, -0.15) is 0 Å². The molecule has 62 heavy (non-hydrogen) atoms. The zero-order valence-corrected chi connectivity index (χ0v) is 34.7. The van der Waals surface area contributed by atoms with Crippen LogP contribution in [0.4, 0.5) is 17.1 Å². The third-order valence-corrected chi connectivity index (χ3v) is 14.2. The summed E-state index contributed by atoms with van der Waals surface area (Å²) in [4.78, 5) is 2.40. The predicted molar refractivity (Wildman–Crippen MR) is 256 cm³/mol. The lowest BCUT2D eigenvalue weighted by Crippen LogP contribution is -2.22. The van der Waals surface area contributed by atoms with Gasteiger partial charge in [-0.15, -0.1) is 0 Å². The summed E-state index contributed by atoms with van der Waals surface area (Å²) < 4.78 is 13.4. The van der Waals surface area contributed by atoms with Crippen molar-refractivity contribution in [3.05, 3.63) is 222 Å². The van der Waals surface area contributed by atoms with Crippen LogP contribution >= 0.6 is 0 Å². The second kappa shape index (κ2) is 12.7. The van der Waals surface area contributed by atoms with Gasteiger partial charge in [-0.3, -0.25) is 0 Å². The van der Waals surface area contributed by atoms with E-state index in [2.05, 4.69) is 208 Å². The maximum absolute atomic E-state index is 6.96. The van der Waals surface area contributed by atoms with Gasteiger partial charge in [0.2, 0.25) is 0 Å². The fourth-order valence-corrected chi connectivity index (χ4v) is 11.1. The minimum Gasteiger partial charge on any atom is -0.456 e. The van der Waals surface area contributed by atoms with Gasteiger partial charge in [0.1, 0.15) is 22.3 Å². The number of hydrogen-bond acceptors (Lipinski definition) is 3. The van der Waals surface area contributed by atoms with Crippen molar-refractivity contribution in [2.75, 3.05) is 4.90 Å². The highest BCUT2D eigenvalue weighted by Crippen LogP contribution is 2.55. The number of benzene rings is 9. The lowest BCUT2D eigenvalue weighted by atomic mass is 9.74. The second-order valence-electron chi connectivity index (χ2n) is 17.7. The van der Waals surface area contributed by atoms with Crippen molar-refractivity contribution in [2.45, 2.75) is 31.6 Å². The highest BCUT2D eigenvalue weighted by molar-refractivity contribution is 6.10. The Morgan fingerprint density at radius 3 is 1.60 bits per heavy atom. The number of anilines is 3. The van der Waals surface area contributed by atoms with E-state index in [4.69, 9.17) is 8.83 Å². The van der Waals surface area contributed by atoms with E-state index in [0.29, 0.717) is 0 Å². The van der Waals surface area contributed by atoms with Crippen molar-refractivity contribution in [1.82, 2.24) is 0 Å². The topological polar surface area (TPSA) is 29.5 Å². The molecule has 3 heteroatoms. The van der Waals surface area contributed by atoms with Crippen LogP contribution in [0.25, 0.3) is 77.3 Å². The van der Waals surface area contributed by atoms with E-state index >= 15 is 0 Å². The normalized spacial score (nSPS) is 14.3. The lowest BCUT2D eigenvalue weighted by molar-refractivity contribution is 0.638. The summed E-state index contributed by atoms with van der Waals surface area (Å²) in [5.74, 6) is 0. The zero-order chi connectivity index (χ0) is 41.3. The van der Waals surface area contributed by atoms with Crippen LogP contribution in [-0.2, 0) is 10.8 Å². The number of furan rings is 2. The molecule has 2 aliphatic rings. The van der Waals surface area contributed by atoms with E-state index in [0.717, 1.165) is 72.1 Å². The minimum atomic E-state index is -0.376. The Hall–Kier alpha value is -7.62. The molecule has 294 valence electrons. The maximum Gasteiger partial charge on any atom is 0.143 e. The standard InChI is InChI=1S/C59H41NO2/c1-58(2)49-21-8-4-14-41(49)44-32-30-39(35-53(44)58)60(37-28-26-36(27-29-37)40-18-12-19-46-45-17-7-11-25-54(45)61-56(40)46)38-31-33-55-48(34-38)47-20-13-24-52(57(47)62-55)59(3)50-22-9-5-15-42(50)43-16-6-10-23-51(43)59/h4-35H,1-3H3. The van der Waals surface area contributed by atoms with Gasteiger partial charge < -0.3 is 13.7 Å². The minimum absolute atomic E-state index is 0.141. The Morgan fingerprint density at radius 2 is 0.839 bits per heavy atom. The van der Waals surface area contributed by atoms with E-state index in [1.165, 1.54) is 50.1 Å². The summed E-state index contributed by atoms with van der Waals surface area (Å²) in [6, 6.07) is 70.6. The van der Waals surface area contributed by atoms with E-state index in [-0.39, 0.29) is 10.8 Å². The van der Waals surface area contributed by atoms with Crippen molar-refractivity contribution in [3.63, 3.8) is 0 Å². The second-order valence-corrected chi connectivity index (χ2v) is 17.7. The van der Waals surface area contributed by atoms with Crippen LogP contribution in [-0.4, -0.2) is 0 Å². The molecule has 13 rings (SSSR count). The average molecular weight is 796 g/mol. The molecule has 9 aromatic carbocycles. The third-order valence-electron chi connectivity index (χ3n) is 14.2. The van der Waals surface area contributed by atoms with Gasteiger partial charge in [0.05, 0.1) is 0 Å². The molecule has 2 aromatic heterocycles. The monoisotopic (exact) mass is 795 g/mol. The smallest absolute Gasteiger partial charge is 0.143 e. The Kier molecular flexibility index (Phi) is 7.20. The largest absolute Gasteiger partial charge is 0.456 e. The molecular weight excluding hydrogens is 755 g/mol. The van der Waals surface area contributed by atoms with Crippen molar-refractivity contribution >= 4 is 60.9 Å². The quantitative estimate of drug-likeness (QED) is 0.174. The molecule has 2 heterocycles. The first-order chi connectivity index (χ1) is 30.4. The molecule has 0 N–H and O–H groups in total. The van der Waals surface area contributed by atoms with Crippen LogP contribution in [0.15, 0.2) is 203 Å². The molecule has 2 aliphatic carbocycles. The summed E-state index contributed by atoms with van der Waals surface area (Å²) in [7, 11) is 0. The molecule has 0 saturated carbocycles. The zero-order valence-electron chi connectivity index (χ0n) is 34.7. The molecule has 0 radical (unpaired) electrons. The highest BCUT2D eigenvalue weighted by atomic mass is 16.3. The van der Waals surface area contributed by atoms with Crippen molar-refractivity contribution in [2.24, 2.45) is 0 Å². The molecule has 0 unspecified atom stereocenters. The van der Waals surface area contributed by atoms with Gasteiger partial charge in [-0.05, 0) is 106 Å². The maximum atomic E-state index is 6.96. The van der Waals surface area contributed by atoms with Crippen molar-refractivity contribution in [3.8, 4) is 33.4 Å². The fourth-order valence-electron chi connectivity index (χ4n) is 11.1.